The maximum atomic E-state index is 13.8. The van der Waals surface area contributed by atoms with Crippen molar-refractivity contribution in [1.29, 1.82) is 0 Å². The van der Waals surface area contributed by atoms with Crippen LogP contribution >= 0.6 is 11.6 Å². The zero-order chi connectivity index (χ0) is 28.3. The Morgan fingerprint density at radius 1 is 1.23 bits per heavy atom. The van der Waals surface area contributed by atoms with Gasteiger partial charge in [-0.1, -0.05) is 42.8 Å². The SMILES string of the molecule is C[C@H](O)C(=O)Nc1cccc(CN2C(=O)[C@@](O)([C@@H](C)/C=C/CC(=O)N3CCC[C@H]3CO)c3cc(Cl)ccc32)c1. The number of aliphatic hydroxyl groups is 3. The summed E-state index contributed by atoms with van der Waals surface area (Å²) in [5, 5.41) is 33.8. The van der Waals surface area contributed by atoms with Crippen molar-refractivity contribution in [1.82, 2.24) is 4.90 Å². The number of benzene rings is 2. The lowest BCUT2D eigenvalue weighted by molar-refractivity contribution is -0.139. The van der Waals surface area contributed by atoms with Gasteiger partial charge in [-0.15, -0.1) is 0 Å². The van der Waals surface area contributed by atoms with Gasteiger partial charge in [0.15, 0.2) is 5.60 Å². The fourth-order valence-corrected chi connectivity index (χ4v) is 5.41. The van der Waals surface area contributed by atoms with E-state index in [1.165, 1.54) is 11.8 Å². The number of carbonyl (C=O) groups is 3. The van der Waals surface area contributed by atoms with Crippen LogP contribution in [0.5, 0.6) is 0 Å². The Labute approximate surface area is 232 Å². The topological polar surface area (TPSA) is 130 Å². The van der Waals surface area contributed by atoms with Crippen LogP contribution in [0.4, 0.5) is 11.4 Å². The van der Waals surface area contributed by atoms with Crippen molar-refractivity contribution in [3.63, 3.8) is 0 Å². The Hall–Kier alpha value is -3.24. The standard InChI is InChI=1S/C29H34ClN3O6/c1-18(6-3-10-26(36)32-13-5-9-23(32)17-34)29(39)24-15-21(30)11-12-25(24)33(28(29)38)16-20-7-4-8-22(14-20)31-27(37)19(2)35/h3-4,6-8,11-12,14-15,18-19,23,34-35,39H,5,9-10,13,16-17H2,1-2H3,(H,31,37)/b6-3+/t18-,19-,23-,29+/m0/s1. The van der Waals surface area contributed by atoms with Gasteiger partial charge in [0.25, 0.3) is 11.8 Å². The number of fused-ring (bicyclic) bond motifs is 1. The van der Waals surface area contributed by atoms with Gasteiger partial charge in [-0.2, -0.15) is 0 Å². The smallest absolute Gasteiger partial charge is 0.264 e. The number of likely N-dealkylation sites (tertiary alicyclic amines) is 1. The monoisotopic (exact) mass is 555 g/mol. The van der Waals surface area contributed by atoms with E-state index in [0.29, 0.717) is 34.1 Å². The van der Waals surface area contributed by atoms with Gasteiger partial charge >= 0.3 is 0 Å². The Morgan fingerprint density at radius 3 is 2.72 bits per heavy atom. The van der Waals surface area contributed by atoms with Crippen LogP contribution in [0.25, 0.3) is 0 Å². The third-order valence-electron chi connectivity index (χ3n) is 7.43. The molecule has 3 amide bonds. The second-order valence-electron chi connectivity index (χ2n) is 10.2. The summed E-state index contributed by atoms with van der Waals surface area (Å²) < 4.78 is 0. The largest absolute Gasteiger partial charge is 0.394 e. The summed E-state index contributed by atoms with van der Waals surface area (Å²) in [6, 6.07) is 11.7. The molecule has 0 saturated carbocycles. The van der Waals surface area contributed by atoms with Crippen molar-refractivity contribution in [2.75, 3.05) is 23.4 Å². The average Bonchev–Trinajstić information content (AvgIpc) is 3.47. The number of anilines is 2. The van der Waals surface area contributed by atoms with E-state index in [9.17, 15) is 29.7 Å². The van der Waals surface area contributed by atoms with Crippen molar-refractivity contribution < 1.29 is 29.7 Å². The van der Waals surface area contributed by atoms with Crippen LogP contribution in [-0.2, 0) is 26.5 Å². The molecule has 0 radical (unpaired) electrons. The zero-order valence-corrected chi connectivity index (χ0v) is 22.8. The van der Waals surface area contributed by atoms with E-state index in [2.05, 4.69) is 5.32 Å². The van der Waals surface area contributed by atoms with Crippen LogP contribution in [0, 0.1) is 5.92 Å². The molecule has 2 aliphatic rings. The van der Waals surface area contributed by atoms with Gasteiger partial charge in [0.05, 0.1) is 24.9 Å². The Kier molecular flexibility index (Phi) is 8.76. The molecule has 0 bridgehead atoms. The molecule has 0 unspecified atom stereocenters. The van der Waals surface area contributed by atoms with Crippen molar-refractivity contribution in [2.45, 2.75) is 57.4 Å². The normalized spacial score (nSPS) is 22.3. The van der Waals surface area contributed by atoms with Crippen molar-refractivity contribution in [2.24, 2.45) is 5.92 Å². The molecule has 2 aromatic rings. The van der Waals surface area contributed by atoms with Crippen LogP contribution in [0.15, 0.2) is 54.6 Å². The average molecular weight is 556 g/mol. The molecule has 10 heteroatoms. The Bertz CT molecular complexity index is 1280. The highest BCUT2D eigenvalue weighted by atomic mass is 35.5. The summed E-state index contributed by atoms with van der Waals surface area (Å²) >= 11 is 6.26. The summed E-state index contributed by atoms with van der Waals surface area (Å²) in [5.74, 6) is -1.85. The number of halogens is 1. The van der Waals surface area contributed by atoms with E-state index < -0.39 is 29.4 Å². The lowest BCUT2D eigenvalue weighted by Crippen LogP contribution is -2.44. The minimum Gasteiger partial charge on any atom is -0.394 e. The quantitative estimate of drug-likeness (QED) is 0.352. The third kappa shape index (κ3) is 5.86. The van der Waals surface area contributed by atoms with E-state index in [1.54, 1.807) is 66.4 Å². The molecule has 2 heterocycles. The van der Waals surface area contributed by atoms with Crippen LogP contribution in [-0.4, -0.2) is 63.2 Å². The van der Waals surface area contributed by atoms with Gasteiger partial charge in [0, 0.05) is 35.2 Å². The summed E-state index contributed by atoms with van der Waals surface area (Å²) in [5.41, 5.74) is 0.166. The molecule has 1 fully saturated rings. The van der Waals surface area contributed by atoms with Gasteiger partial charge in [0.1, 0.15) is 6.10 Å². The first kappa shape index (κ1) is 28.8. The first-order valence-corrected chi connectivity index (χ1v) is 13.4. The summed E-state index contributed by atoms with van der Waals surface area (Å²) in [7, 11) is 0. The molecule has 2 aromatic carbocycles. The molecule has 0 aliphatic carbocycles. The van der Waals surface area contributed by atoms with Gasteiger partial charge < -0.3 is 30.4 Å². The zero-order valence-electron chi connectivity index (χ0n) is 22.0. The highest BCUT2D eigenvalue weighted by molar-refractivity contribution is 6.31. The van der Waals surface area contributed by atoms with E-state index in [-0.39, 0.29) is 31.5 Å². The number of hydrogen-bond acceptors (Lipinski definition) is 6. The van der Waals surface area contributed by atoms with Crippen LogP contribution in [0.3, 0.4) is 0 Å². The third-order valence-corrected chi connectivity index (χ3v) is 7.67. The van der Waals surface area contributed by atoms with Crippen molar-refractivity contribution in [3.8, 4) is 0 Å². The molecule has 39 heavy (non-hydrogen) atoms. The summed E-state index contributed by atoms with van der Waals surface area (Å²) in [6.07, 6.45) is 3.89. The Balaban J connectivity index is 1.55. The highest BCUT2D eigenvalue weighted by Gasteiger charge is 2.52. The highest BCUT2D eigenvalue weighted by Crippen LogP contribution is 2.46. The van der Waals surface area contributed by atoms with Crippen LogP contribution in [0.2, 0.25) is 5.02 Å². The fraction of sp³-hybridized carbons (Fsp3) is 0.414. The minimum atomic E-state index is -1.90. The first-order valence-electron chi connectivity index (χ1n) is 13.1. The number of carbonyl (C=O) groups excluding carboxylic acids is 3. The second kappa shape index (κ2) is 11.9. The fourth-order valence-electron chi connectivity index (χ4n) is 5.24. The summed E-state index contributed by atoms with van der Waals surface area (Å²) in [4.78, 5) is 41.5. The number of nitrogens with one attached hydrogen (secondary N) is 1. The molecule has 4 rings (SSSR count). The first-order chi connectivity index (χ1) is 18.6. The molecule has 0 aromatic heterocycles. The predicted molar refractivity (Wildman–Crippen MR) is 148 cm³/mol. The maximum Gasteiger partial charge on any atom is 0.264 e. The minimum absolute atomic E-state index is 0.0661. The molecule has 1 saturated heterocycles. The van der Waals surface area contributed by atoms with E-state index in [1.807, 2.05) is 0 Å². The van der Waals surface area contributed by atoms with Crippen LogP contribution < -0.4 is 10.2 Å². The number of nitrogens with zero attached hydrogens (tertiary/aromatic N) is 2. The number of aliphatic hydroxyl groups excluding tert-OH is 2. The van der Waals surface area contributed by atoms with E-state index >= 15 is 0 Å². The molecule has 0 spiro atoms. The molecule has 208 valence electrons. The van der Waals surface area contributed by atoms with E-state index in [4.69, 9.17) is 11.6 Å². The molecular formula is C29H34ClN3O6. The van der Waals surface area contributed by atoms with E-state index in [0.717, 1.165) is 12.8 Å². The molecule has 4 N–H and O–H groups in total. The van der Waals surface area contributed by atoms with Gasteiger partial charge in [0.2, 0.25) is 5.91 Å². The molecule has 9 nitrogen and oxygen atoms in total. The van der Waals surface area contributed by atoms with Crippen molar-refractivity contribution in [3.05, 3.63) is 70.8 Å². The lowest BCUT2D eigenvalue weighted by atomic mass is 9.83. The lowest BCUT2D eigenvalue weighted by Gasteiger charge is -2.28. The van der Waals surface area contributed by atoms with Crippen LogP contribution in [0.1, 0.15) is 44.2 Å². The predicted octanol–water partition coefficient (Wildman–Crippen LogP) is 2.96. The second-order valence-corrected chi connectivity index (χ2v) is 10.6. The summed E-state index contributed by atoms with van der Waals surface area (Å²) in [6.45, 7) is 3.75. The number of amides is 3. The molecule has 4 atom stereocenters. The Morgan fingerprint density at radius 2 is 2.00 bits per heavy atom. The van der Waals surface area contributed by atoms with Gasteiger partial charge in [-0.3, -0.25) is 14.4 Å². The van der Waals surface area contributed by atoms with Gasteiger partial charge in [-0.05, 0) is 55.7 Å². The molecular weight excluding hydrogens is 522 g/mol. The maximum absolute atomic E-state index is 13.8. The molecule has 2 aliphatic heterocycles. The van der Waals surface area contributed by atoms with Crippen molar-refractivity contribution >= 4 is 40.7 Å². The van der Waals surface area contributed by atoms with Gasteiger partial charge in [-0.25, -0.2) is 0 Å². The number of rotatable bonds is 9. The number of hydrogen-bond donors (Lipinski definition) is 4.